The lowest BCUT2D eigenvalue weighted by atomic mass is 9.89. The third kappa shape index (κ3) is 6.78. The van der Waals surface area contributed by atoms with E-state index in [1.807, 2.05) is 20.8 Å². The van der Waals surface area contributed by atoms with E-state index in [-0.39, 0.29) is 16.9 Å². The molecule has 0 aliphatic carbocycles. The molecular formula is C15H24ClNO3S. The summed E-state index contributed by atoms with van der Waals surface area (Å²) in [6, 6.07) is 6.62. The first-order valence-electron chi connectivity index (χ1n) is 6.97. The molecule has 0 saturated carbocycles. The van der Waals surface area contributed by atoms with Crippen LogP contribution in [0.1, 0.15) is 32.8 Å². The molecule has 0 spiro atoms. The topological polar surface area (TPSA) is 66.4 Å². The molecule has 1 aromatic rings. The average Bonchev–Trinajstić information content (AvgIpc) is 2.36. The van der Waals surface area contributed by atoms with Crippen LogP contribution in [-0.2, 0) is 16.4 Å². The highest BCUT2D eigenvalue weighted by atomic mass is 35.5. The molecule has 0 aliphatic rings. The van der Waals surface area contributed by atoms with Gasteiger partial charge in [0.25, 0.3) is 0 Å². The lowest BCUT2D eigenvalue weighted by molar-refractivity contribution is 0.125. The van der Waals surface area contributed by atoms with Crippen LogP contribution in [0.25, 0.3) is 0 Å². The third-order valence-corrected chi connectivity index (χ3v) is 4.60. The van der Waals surface area contributed by atoms with Gasteiger partial charge in [-0.05, 0) is 36.0 Å². The first-order valence-corrected chi connectivity index (χ1v) is 8.98. The van der Waals surface area contributed by atoms with E-state index in [1.54, 1.807) is 24.3 Å². The van der Waals surface area contributed by atoms with E-state index < -0.39 is 16.1 Å². The number of rotatable bonds is 7. The smallest absolute Gasteiger partial charge is 0.240 e. The molecule has 1 rings (SSSR count). The van der Waals surface area contributed by atoms with Gasteiger partial charge in [-0.2, -0.15) is 0 Å². The van der Waals surface area contributed by atoms with E-state index >= 15 is 0 Å². The highest BCUT2D eigenvalue weighted by Gasteiger charge is 2.20. The van der Waals surface area contributed by atoms with Crippen molar-refractivity contribution in [1.29, 1.82) is 0 Å². The molecule has 1 atom stereocenters. The SMILES string of the molecule is CC(C)(C)CC(O)CNS(=O)(=O)c1ccc(CCCl)cc1. The maximum atomic E-state index is 12.1. The minimum Gasteiger partial charge on any atom is -0.392 e. The summed E-state index contributed by atoms with van der Waals surface area (Å²) in [5, 5.41) is 9.87. The van der Waals surface area contributed by atoms with Crippen LogP contribution in [0.4, 0.5) is 0 Å². The Balaban J connectivity index is 2.65. The van der Waals surface area contributed by atoms with Crippen LogP contribution in [0.5, 0.6) is 0 Å². The number of sulfonamides is 1. The molecule has 0 aliphatic heterocycles. The van der Waals surface area contributed by atoms with Crippen LogP contribution in [0, 0.1) is 5.41 Å². The van der Waals surface area contributed by atoms with Gasteiger partial charge in [-0.25, -0.2) is 13.1 Å². The quantitative estimate of drug-likeness (QED) is 0.753. The highest BCUT2D eigenvalue weighted by molar-refractivity contribution is 7.89. The van der Waals surface area contributed by atoms with E-state index in [1.165, 1.54) is 0 Å². The standard InChI is InChI=1S/C15H24ClNO3S/c1-15(2,3)10-13(18)11-17-21(19,20)14-6-4-12(5-7-14)8-9-16/h4-7,13,17-18H,8-11H2,1-3H3. The van der Waals surface area contributed by atoms with E-state index in [0.717, 1.165) is 5.56 Å². The zero-order chi connectivity index (χ0) is 16.1. The van der Waals surface area contributed by atoms with Crippen LogP contribution < -0.4 is 4.72 Å². The summed E-state index contributed by atoms with van der Waals surface area (Å²) < 4.78 is 26.7. The van der Waals surface area contributed by atoms with Crippen LogP contribution in [0.3, 0.4) is 0 Å². The van der Waals surface area contributed by atoms with Crippen molar-refractivity contribution < 1.29 is 13.5 Å². The van der Waals surface area contributed by atoms with Gasteiger partial charge >= 0.3 is 0 Å². The van der Waals surface area contributed by atoms with Gasteiger partial charge in [-0.15, -0.1) is 11.6 Å². The monoisotopic (exact) mass is 333 g/mol. The van der Waals surface area contributed by atoms with Gasteiger partial charge in [0.2, 0.25) is 10.0 Å². The summed E-state index contributed by atoms with van der Waals surface area (Å²) in [6.07, 6.45) is 0.541. The molecule has 21 heavy (non-hydrogen) atoms. The predicted octanol–water partition coefficient (Wildman–Crippen LogP) is 2.54. The molecule has 1 unspecified atom stereocenters. The number of halogens is 1. The normalized spacial score (nSPS) is 14.1. The first kappa shape index (κ1) is 18.4. The molecule has 0 fully saturated rings. The molecule has 0 amide bonds. The number of hydrogen-bond acceptors (Lipinski definition) is 3. The summed E-state index contributed by atoms with van der Waals surface area (Å²) in [5.41, 5.74) is 0.949. The van der Waals surface area contributed by atoms with E-state index in [4.69, 9.17) is 11.6 Å². The summed E-state index contributed by atoms with van der Waals surface area (Å²) in [6.45, 7) is 6.02. The maximum Gasteiger partial charge on any atom is 0.240 e. The molecule has 0 aromatic heterocycles. The van der Waals surface area contributed by atoms with Crippen molar-refractivity contribution in [2.45, 2.75) is 44.6 Å². The fraction of sp³-hybridized carbons (Fsp3) is 0.600. The Morgan fingerprint density at radius 2 is 1.81 bits per heavy atom. The number of benzene rings is 1. The number of hydrogen-bond donors (Lipinski definition) is 2. The molecule has 0 saturated heterocycles. The zero-order valence-electron chi connectivity index (χ0n) is 12.8. The lowest BCUT2D eigenvalue weighted by Gasteiger charge is -2.22. The fourth-order valence-electron chi connectivity index (χ4n) is 2.01. The summed E-state index contributed by atoms with van der Waals surface area (Å²) in [7, 11) is -3.59. The summed E-state index contributed by atoms with van der Waals surface area (Å²) in [4.78, 5) is 0.198. The van der Waals surface area contributed by atoms with Crippen molar-refractivity contribution in [2.24, 2.45) is 5.41 Å². The Morgan fingerprint density at radius 1 is 1.24 bits per heavy atom. The number of aryl methyl sites for hydroxylation is 1. The van der Waals surface area contributed by atoms with Crippen LogP contribution in [0.15, 0.2) is 29.2 Å². The number of aliphatic hydroxyl groups is 1. The van der Waals surface area contributed by atoms with Gasteiger partial charge < -0.3 is 5.11 Å². The highest BCUT2D eigenvalue weighted by Crippen LogP contribution is 2.20. The Labute approximate surface area is 132 Å². The van der Waals surface area contributed by atoms with Gasteiger partial charge in [-0.1, -0.05) is 32.9 Å². The largest absolute Gasteiger partial charge is 0.392 e. The fourth-order valence-corrected chi connectivity index (χ4v) is 3.30. The van der Waals surface area contributed by atoms with Gasteiger partial charge in [-0.3, -0.25) is 0 Å². The van der Waals surface area contributed by atoms with Crippen LogP contribution in [-0.4, -0.2) is 32.1 Å². The first-order chi connectivity index (χ1) is 9.64. The summed E-state index contributed by atoms with van der Waals surface area (Å²) in [5.74, 6) is 0.503. The van der Waals surface area contributed by atoms with Gasteiger partial charge in [0, 0.05) is 12.4 Å². The maximum absolute atomic E-state index is 12.1. The molecule has 4 nitrogen and oxygen atoms in total. The van der Waals surface area contributed by atoms with E-state index in [0.29, 0.717) is 18.7 Å². The average molecular weight is 334 g/mol. The van der Waals surface area contributed by atoms with Crippen molar-refractivity contribution in [2.75, 3.05) is 12.4 Å². The minimum absolute atomic E-state index is 0.0169. The second-order valence-corrected chi connectivity index (χ2v) is 8.50. The number of alkyl halides is 1. The molecule has 1 aromatic carbocycles. The second-order valence-electron chi connectivity index (χ2n) is 6.35. The number of nitrogens with one attached hydrogen (secondary N) is 1. The van der Waals surface area contributed by atoms with Crippen molar-refractivity contribution in [3.05, 3.63) is 29.8 Å². The molecule has 0 heterocycles. The minimum atomic E-state index is -3.59. The van der Waals surface area contributed by atoms with Crippen molar-refractivity contribution in [3.8, 4) is 0 Å². The van der Waals surface area contributed by atoms with E-state index in [2.05, 4.69) is 4.72 Å². The second kappa shape index (κ2) is 7.58. The molecule has 2 N–H and O–H groups in total. The Hall–Kier alpha value is -0.620. The Bertz CT molecular complexity index is 535. The molecule has 6 heteroatoms. The van der Waals surface area contributed by atoms with Crippen LogP contribution in [0.2, 0.25) is 0 Å². The number of aliphatic hydroxyl groups excluding tert-OH is 1. The van der Waals surface area contributed by atoms with Crippen molar-refractivity contribution in [1.82, 2.24) is 4.72 Å². The van der Waals surface area contributed by atoms with Gasteiger partial charge in [0.1, 0.15) is 0 Å². The van der Waals surface area contributed by atoms with Crippen LogP contribution >= 0.6 is 11.6 Å². The van der Waals surface area contributed by atoms with Crippen molar-refractivity contribution in [3.63, 3.8) is 0 Å². The Morgan fingerprint density at radius 3 is 2.29 bits per heavy atom. The van der Waals surface area contributed by atoms with Gasteiger partial charge in [0.05, 0.1) is 11.0 Å². The molecular weight excluding hydrogens is 310 g/mol. The zero-order valence-corrected chi connectivity index (χ0v) is 14.3. The predicted molar refractivity (Wildman–Crippen MR) is 86.1 cm³/mol. The molecule has 0 bridgehead atoms. The van der Waals surface area contributed by atoms with E-state index in [9.17, 15) is 13.5 Å². The Kier molecular flexibility index (Phi) is 6.66. The van der Waals surface area contributed by atoms with Gasteiger partial charge in [0.15, 0.2) is 0 Å². The molecule has 0 radical (unpaired) electrons. The summed E-state index contributed by atoms with van der Waals surface area (Å²) >= 11 is 5.64. The van der Waals surface area contributed by atoms with Crippen molar-refractivity contribution >= 4 is 21.6 Å². The molecule has 120 valence electrons. The lowest BCUT2D eigenvalue weighted by Crippen LogP contribution is -2.34. The third-order valence-electron chi connectivity index (χ3n) is 2.97.